The molecule has 1 rings (SSSR count). The molecule has 0 aliphatic carbocycles. The quantitative estimate of drug-likeness (QED) is 0.748. The van der Waals surface area contributed by atoms with Crippen LogP contribution in [0.25, 0.3) is 5.70 Å². The lowest BCUT2D eigenvalue weighted by Crippen LogP contribution is -2.16. The molecule has 0 unspecified atom stereocenters. The van der Waals surface area contributed by atoms with Crippen molar-refractivity contribution in [2.24, 2.45) is 17.2 Å². The van der Waals surface area contributed by atoms with E-state index in [9.17, 15) is 13.2 Å². The topological polar surface area (TPSA) is 91.0 Å². The highest BCUT2D eigenvalue weighted by atomic mass is 19.4. The summed E-state index contributed by atoms with van der Waals surface area (Å²) in [6.45, 7) is 3.29. The second kappa shape index (κ2) is 6.34. The first kappa shape index (κ1) is 16.6. The van der Waals surface area contributed by atoms with Crippen LogP contribution >= 0.6 is 0 Å². The van der Waals surface area contributed by atoms with E-state index in [-0.39, 0.29) is 17.1 Å². The first-order chi connectivity index (χ1) is 9.70. The summed E-state index contributed by atoms with van der Waals surface area (Å²) < 4.78 is 39.0. The van der Waals surface area contributed by atoms with Crippen LogP contribution in [-0.2, 0) is 6.18 Å². The number of pyridine rings is 1. The molecule has 0 spiro atoms. The molecule has 0 saturated carbocycles. The zero-order valence-electron chi connectivity index (χ0n) is 11.7. The van der Waals surface area contributed by atoms with E-state index in [1.807, 2.05) is 0 Å². The molecule has 0 amide bonds. The van der Waals surface area contributed by atoms with E-state index in [0.717, 1.165) is 18.5 Å². The van der Waals surface area contributed by atoms with Crippen molar-refractivity contribution in [3.63, 3.8) is 0 Å². The van der Waals surface area contributed by atoms with Gasteiger partial charge in [-0.05, 0) is 25.5 Å². The van der Waals surface area contributed by atoms with Crippen molar-refractivity contribution in [1.82, 2.24) is 4.98 Å². The van der Waals surface area contributed by atoms with E-state index >= 15 is 0 Å². The summed E-state index contributed by atoms with van der Waals surface area (Å²) in [4.78, 5) is 3.70. The Labute approximate surface area is 120 Å². The summed E-state index contributed by atoms with van der Waals surface area (Å²) in [5.74, 6) is -0.0222. The summed E-state index contributed by atoms with van der Waals surface area (Å²) in [6, 6.07) is 0.875. The second-order valence-corrected chi connectivity index (χ2v) is 4.33. The molecule has 7 heteroatoms. The number of halogens is 3. The van der Waals surface area contributed by atoms with Gasteiger partial charge in [-0.25, -0.2) is 0 Å². The fourth-order valence-electron chi connectivity index (χ4n) is 1.81. The Balaban J connectivity index is 3.54. The highest BCUT2D eigenvalue weighted by molar-refractivity contribution is 5.72. The molecule has 0 aromatic carbocycles. The molecule has 0 saturated heterocycles. The molecule has 1 aromatic heterocycles. The van der Waals surface area contributed by atoms with Crippen LogP contribution in [0.4, 0.5) is 13.2 Å². The van der Waals surface area contributed by atoms with Crippen molar-refractivity contribution < 1.29 is 13.2 Å². The zero-order valence-corrected chi connectivity index (χ0v) is 11.7. The predicted molar refractivity (Wildman–Crippen MR) is 76.2 cm³/mol. The van der Waals surface area contributed by atoms with Gasteiger partial charge in [0.1, 0.15) is 5.82 Å². The maximum absolute atomic E-state index is 13.0. The van der Waals surface area contributed by atoms with Crippen LogP contribution in [0.15, 0.2) is 47.6 Å². The van der Waals surface area contributed by atoms with Crippen LogP contribution < -0.4 is 17.2 Å². The second-order valence-electron chi connectivity index (χ2n) is 4.33. The number of aromatic nitrogens is 1. The fraction of sp³-hybridized carbons (Fsp3) is 0.214. The molecule has 0 bridgehead atoms. The lowest BCUT2D eigenvalue weighted by molar-refractivity contribution is -0.137. The van der Waals surface area contributed by atoms with Gasteiger partial charge in [0.15, 0.2) is 0 Å². The maximum Gasteiger partial charge on any atom is 0.417 e. The van der Waals surface area contributed by atoms with E-state index in [0.29, 0.717) is 11.1 Å². The third-order valence-corrected chi connectivity index (χ3v) is 2.87. The van der Waals surface area contributed by atoms with Crippen LogP contribution in [0.3, 0.4) is 0 Å². The van der Waals surface area contributed by atoms with Gasteiger partial charge in [-0.2, -0.15) is 13.2 Å². The summed E-state index contributed by atoms with van der Waals surface area (Å²) in [7, 11) is 0. The molecule has 1 aromatic rings. The van der Waals surface area contributed by atoms with Crippen LogP contribution in [0.2, 0.25) is 0 Å². The smallest absolute Gasteiger partial charge is 0.398 e. The standard InChI is InChI=1S/C14H17F3N4/c1-3-4-9(13(19)20)8(2)12(18)10-7-21-6-5-11(10)14(15,16)17/h3-7H,18-20H2,1-2H3/b4-3-,12-8-. The van der Waals surface area contributed by atoms with E-state index < -0.39 is 11.7 Å². The van der Waals surface area contributed by atoms with Gasteiger partial charge in [-0.3, -0.25) is 4.98 Å². The molecule has 0 aliphatic rings. The van der Waals surface area contributed by atoms with Crippen LogP contribution in [0.5, 0.6) is 0 Å². The van der Waals surface area contributed by atoms with Crippen molar-refractivity contribution in [1.29, 1.82) is 0 Å². The maximum atomic E-state index is 13.0. The molecule has 0 fully saturated rings. The van der Waals surface area contributed by atoms with E-state index in [1.54, 1.807) is 26.0 Å². The summed E-state index contributed by atoms with van der Waals surface area (Å²) in [6.07, 6.45) is 0.860. The van der Waals surface area contributed by atoms with Gasteiger partial charge < -0.3 is 17.2 Å². The zero-order chi connectivity index (χ0) is 16.2. The number of hydrogen-bond donors (Lipinski definition) is 3. The Bertz CT molecular complexity index is 609. The molecule has 1 heterocycles. The highest BCUT2D eigenvalue weighted by Gasteiger charge is 2.34. The Morgan fingerprint density at radius 3 is 2.33 bits per heavy atom. The number of hydrogen-bond acceptors (Lipinski definition) is 4. The van der Waals surface area contributed by atoms with Crippen molar-refractivity contribution in [3.8, 4) is 0 Å². The summed E-state index contributed by atoms with van der Waals surface area (Å²) in [5, 5.41) is 0. The third-order valence-electron chi connectivity index (χ3n) is 2.87. The van der Waals surface area contributed by atoms with Gasteiger partial charge in [-0.1, -0.05) is 12.2 Å². The molecular formula is C14H17F3N4. The van der Waals surface area contributed by atoms with Crippen molar-refractivity contribution in [2.75, 3.05) is 0 Å². The first-order valence-electron chi connectivity index (χ1n) is 6.06. The lowest BCUT2D eigenvalue weighted by Gasteiger charge is -2.15. The molecule has 21 heavy (non-hydrogen) atoms. The van der Waals surface area contributed by atoms with Crippen molar-refractivity contribution in [3.05, 3.63) is 58.7 Å². The highest BCUT2D eigenvalue weighted by Crippen LogP contribution is 2.34. The monoisotopic (exact) mass is 298 g/mol. The number of alkyl halides is 3. The Morgan fingerprint density at radius 2 is 1.86 bits per heavy atom. The molecule has 0 radical (unpaired) electrons. The Morgan fingerprint density at radius 1 is 1.24 bits per heavy atom. The van der Waals surface area contributed by atoms with Crippen LogP contribution in [0, 0.1) is 0 Å². The third kappa shape index (κ3) is 3.77. The van der Waals surface area contributed by atoms with Gasteiger partial charge in [0.05, 0.1) is 5.56 Å². The van der Waals surface area contributed by atoms with Gasteiger partial charge in [0.25, 0.3) is 0 Å². The SMILES string of the molecule is C/C=C\C(=C(N)N)/C(C)=C(\N)c1cnccc1C(F)(F)F. The predicted octanol–water partition coefficient (Wildman–Crippen LogP) is 2.50. The number of allylic oxidation sites excluding steroid dienone is 4. The Hall–Kier alpha value is -2.44. The van der Waals surface area contributed by atoms with Crippen LogP contribution in [0.1, 0.15) is 25.0 Å². The molecular weight excluding hydrogens is 281 g/mol. The van der Waals surface area contributed by atoms with Crippen LogP contribution in [-0.4, -0.2) is 4.98 Å². The lowest BCUT2D eigenvalue weighted by atomic mass is 9.98. The number of nitrogens with two attached hydrogens (primary N) is 3. The minimum atomic E-state index is -4.53. The minimum Gasteiger partial charge on any atom is -0.398 e. The minimum absolute atomic E-state index is 0.0222. The van der Waals surface area contributed by atoms with E-state index in [2.05, 4.69) is 4.98 Å². The summed E-state index contributed by atoms with van der Waals surface area (Å²) in [5.41, 5.74) is 16.6. The molecule has 4 nitrogen and oxygen atoms in total. The van der Waals surface area contributed by atoms with Crippen molar-refractivity contribution >= 4 is 5.70 Å². The molecule has 0 aliphatic heterocycles. The average molecular weight is 298 g/mol. The fourth-order valence-corrected chi connectivity index (χ4v) is 1.81. The molecule has 6 N–H and O–H groups in total. The van der Waals surface area contributed by atoms with Gasteiger partial charge >= 0.3 is 6.18 Å². The normalized spacial score (nSPS) is 13.2. The number of nitrogens with zero attached hydrogens (tertiary/aromatic N) is 1. The largest absolute Gasteiger partial charge is 0.417 e. The number of rotatable bonds is 3. The van der Waals surface area contributed by atoms with E-state index in [4.69, 9.17) is 17.2 Å². The van der Waals surface area contributed by atoms with Gasteiger partial charge in [-0.15, -0.1) is 0 Å². The van der Waals surface area contributed by atoms with Gasteiger partial charge in [0, 0.05) is 29.2 Å². The first-order valence-corrected chi connectivity index (χ1v) is 6.06. The van der Waals surface area contributed by atoms with E-state index in [1.165, 1.54) is 0 Å². The molecule has 0 atom stereocenters. The Kier molecular flexibility index (Phi) is 5.02. The van der Waals surface area contributed by atoms with Gasteiger partial charge in [0.2, 0.25) is 0 Å². The molecule has 114 valence electrons. The summed E-state index contributed by atoms with van der Waals surface area (Å²) >= 11 is 0. The average Bonchev–Trinajstić information content (AvgIpc) is 2.42. The van der Waals surface area contributed by atoms with Crippen molar-refractivity contribution in [2.45, 2.75) is 20.0 Å².